The van der Waals surface area contributed by atoms with Crippen LogP contribution >= 0.6 is 0 Å². The summed E-state index contributed by atoms with van der Waals surface area (Å²) in [6.07, 6.45) is 6.92. The van der Waals surface area contributed by atoms with Crippen LogP contribution in [0, 0.1) is 0 Å². The summed E-state index contributed by atoms with van der Waals surface area (Å²) in [5, 5.41) is 0. The molecular formula is C36H42N4O6. The summed E-state index contributed by atoms with van der Waals surface area (Å²) in [4.78, 5) is 68.3. The van der Waals surface area contributed by atoms with Gasteiger partial charge in [0.05, 0.1) is 61.4 Å². The highest BCUT2D eigenvalue weighted by Gasteiger charge is 2.35. The molecule has 0 aliphatic carbocycles. The van der Waals surface area contributed by atoms with Gasteiger partial charge >= 0.3 is 5.97 Å². The third kappa shape index (κ3) is 6.41. The Bertz CT molecular complexity index is 1720. The molecule has 242 valence electrons. The Morgan fingerprint density at radius 1 is 0.761 bits per heavy atom. The normalized spacial score (nSPS) is 24.9. The van der Waals surface area contributed by atoms with Crippen molar-refractivity contribution in [3.8, 4) is 0 Å². The van der Waals surface area contributed by atoms with Crippen LogP contribution in [0.5, 0.6) is 0 Å². The SMILES string of the molecule is COOCCCC1=C(C)/C2=C/C3N=C(CC4=NC(/C=C5\N=C(CC1=N2)C(CCC(=O)OC)=C5C)C(C(C)=O)=C4C)C(C(C)=O)=C3C. The van der Waals surface area contributed by atoms with E-state index in [1.807, 2.05) is 32.9 Å². The first-order valence-electron chi connectivity index (χ1n) is 15.7. The first-order valence-corrected chi connectivity index (χ1v) is 15.7. The standard InChI is InChI=1S/C36H42N4O6/c1-18-24(10-9-13-46-45-8)30-17-31-25(11-12-34(43)44-7)19(2)27(38-31)15-32-36(23(6)42)21(4)29(40-32)16-33-35(22(5)41)20(3)28(39-33)14-26(18)37-30/h14-15,28,32H,9-13,16-17H2,1-8H3/b26-14-,27-15-. The molecule has 10 heteroatoms. The molecule has 5 heterocycles. The number of hydrogen-bond donors (Lipinski definition) is 0. The van der Waals surface area contributed by atoms with Crippen LogP contribution in [0.1, 0.15) is 80.1 Å². The van der Waals surface area contributed by atoms with E-state index in [4.69, 9.17) is 34.5 Å². The zero-order valence-electron chi connectivity index (χ0n) is 28.0. The lowest BCUT2D eigenvalue weighted by atomic mass is 9.92. The molecule has 0 aromatic heterocycles. The maximum Gasteiger partial charge on any atom is 0.305 e. The molecular weight excluding hydrogens is 584 g/mol. The Hall–Kier alpha value is -4.15. The zero-order chi connectivity index (χ0) is 33.3. The molecule has 0 N–H and O–H groups in total. The van der Waals surface area contributed by atoms with Crippen LogP contribution in [0.15, 0.2) is 88.1 Å². The minimum absolute atomic E-state index is 0.0461. The van der Waals surface area contributed by atoms with Crippen molar-refractivity contribution >= 4 is 40.4 Å². The Morgan fingerprint density at radius 3 is 1.93 bits per heavy atom. The molecule has 0 spiro atoms. The van der Waals surface area contributed by atoms with Crippen molar-refractivity contribution in [3.05, 3.63) is 68.1 Å². The second-order valence-electron chi connectivity index (χ2n) is 12.2. The Morgan fingerprint density at radius 2 is 1.35 bits per heavy atom. The highest BCUT2D eigenvalue weighted by Crippen LogP contribution is 2.38. The number of esters is 1. The molecule has 0 aromatic rings. The lowest BCUT2D eigenvalue weighted by molar-refractivity contribution is -0.272. The number of hydrogen-bond acceptors (Lipinski definition) is 10. The van der Waals surface area contributed by atoms with Crippen molar-refractivity contribution in [3.63, 3.8) is 0 Å². The van der Waals surface area contributed by atoms with E-state index in [0.717, 1.165) is 74.8 Å². The third-order valence-corrected chi connectivity index (χ3v) is 9.34. The first kappa shape index (κ1) is 33.2. The monoisotopic (exact) mass is 626 g/mol. The van der Waals surface area contributed by atoms with Gasteiger partial charge in [-0.25, -0.2) is 9.78 Å². The minimum Gasteiger partial charge on any atom is -0.469 e. The van der Waals surface area contributed by atoms with Crippen molar-refractivity contribution < 1.29 is 28.9 Å². The number of aliphatic imine (C=N–C) groups is 4. The maximum atomic E-state index is 13.0. The summed E-state index contributed by atoms with van der Waals surface area (Å²) in [6.45, 7) is 11.5. The van der Waals surface area contributed by atoms with Crippen molar-refractivity contribution in [2.75, 3.05) is 20.8 Å². The van der Waals surface area contributed by atoms with Gasteiger partial charge < -0.3 is 4.74 Å². The van der Waals surface area contributed by atoms with Crippen LogP contribution in [-0.2, 0) is 28.9 Å². The summed E-state index contributed by atoms with van der Waals surface area (Å²) in [5.74, 6) is -0.398. The van der Waals surface area contributed by atoms with Crippen molar-refractivity contribution in [1.29, 1.82) is 0 Å². The third-order valence-electron chi connectivity index (χ3n) is 9.34. The number of methoxy groups -OCH3 is 1. The molecule has 10 nitrogen and oxygen atoms in total. The minimum atomic E-state index is -0.521. The van der Waals surface area contributed by atoms with Gasteiger partial charge in [0.2, 0.25) is 0 Å². The summed E-state index contributed by atoms with van der Waals surface area (Å²) in [7, 11) is 2.88. The first-order chi connectivity index (χ1) is 21.9. The molecule has 46 heavy (non-hydrogen) atoms. The number of ketones is 2. The van der Waals surface area contributed by atoms with E-state index >= 15 is 0 Å². The highest BCUT2D eigenvalue weighted by molar-refractivity contribution is 6.30. The second-order valence-corrected chi connectivity index (χ2v) is 12.2. The smallest absolute Gasteiger partial charge is 0.305 e. The second kappa shape index (κ2) is 13.7. The largest absolute Gasteiger partial charge is 0.469 e. The van der Waals surface area contributed by atoms with Crippen molar-refractivity contribution in [2.45, 2.75) is 92.2 Å². The predicted molar refractivity (Wildman–Crippen MR) is 178 cm³/mol. The summed E-state index contributed by atoms with van der Waals surface area (Å²) < 4.78 is 4.95. The van der Waals surface area contributed by atoms with Crippen LogP contribution in [0.25, 0.3) is 0 Å². The molecule has 8 bridgehead atoms. The number of fused-ring (bicyclic) bond motifs is 4. The molecule has 0 saturated carbocycles. The molecule has 2 unspecified atom stereocenters. The van der Waals surface area contributed by atoms with Crippen LogP contribution in [-0.4, -0.2) is 73.3 Å². The number of rotatable bonds is 10. The van der Waals surface area contributed by atoms with E-state index in [0.29, 0.717) is 42.7 Å². The molecule has 0 amide bonds. The van der Waals surface area contributed by atoms with E-state index in [-0.39, 0.29) is 30.0 Å². The number of Topliss-reactive ketones (excluding diaryl/α,β-unsaturated/α-hetero) is 2. The van der Waals surface area contributed by atoms with Gasteiger partial charge in [0.1, 0.15) is 0 Å². The number of ether oxygens (including phenoxy) is 1. The maximum absolute atomic E-state index is 13.0. The molecule has 0 saturated heterocycles. The van der Waals surface area contributed by atoms with E-state index in [2.05, 4.69) is 6.92 Å². The van der Waals surface area contributed by atoms with Crippen LogP contribution < -0.4 is 0 Å². The van der Waals surface area contributed by atoms with Gasteiger partial charge in [0.25, 0.3) is 0 Å². The van der Waals surface area contributed by atoms with E-state index in [9.17, 15) is 14.4 Å². The van der Waals surface area contributed by atoms with Crippen molar-refractivity contribution in [2.24, 2.45) is 20.0 Å². The number of allylic oxidation sites excluding steroid dienone is 6. The topological polar surface area (TPSA) is 128 Å². The van der Waals surface area contributed by atoms with Crippen LogP contribution in [0.4, 0.5) is 0 Å². The average Bonchev–Trinajstić information content (AvgIpc) is 3.67. The number of carbonyl (C=O) groups excluding carboxylic acids is 3. The summed E-state index contributed by atoms with van der Waals surface area (Å²) in [5.41, 5.74) is 11.7. The Labute approximate surface area is 270 Å². The van der Waals surface area contributed by atoms with Gasteiger partial charge in [0.15, 0.2) is 11.6 Å². The fourth-order valence-electron chi connectivity index (χ4n) is 6.91. The van der Waals surface area contributed by atoms with E-state index < -0.39 is 6.04 Å². The summed E-state index contributed by atoms with van der Waals surface area (Å²) >= 11 is 0. The van der Waals surface area contributed by atoms with Gasteiger partial charge in [-0.1, -0.05) is 0 Å². The fraction of sp³-hybridized carbons (Fsp3) is 0.472. The molecule has 5 aliphatic heterocycles. The molecule has 0 aromatic carbocycles. The van der Waals surface area contributed by atoms with Gasteiger partial charge in [-0.15, -0.1) is 0 Å². The average molecular weight is 627 g/mol. The molecule has 5 aliphatic rings. The van der Waals surface area contributed by atoms with Gasteiger partial charge in [-0.3, -0.25) is 34.4 Å². The number of nitrogens with zero attached hydrogens (tertiary/aromatic N) is 4. The zero-order valence-corrected chi connectivity index (χ0v) is 28.0. The molecule has 2 atom stereocenters. The van der Waals surface area contributed by atoms with Crippen LogP contribution in [0.3, 0.4) is 0 Å². The molecule has 5 rings (SSSR count). The Kier molecular flexibility index (Phi) is 9.88. The van der Waals surface area contributed by atoms with Gasteiger partial charge in [-0.05, 0) is 106 Å². The lowest BCUT2D eigenvalue weighted by Crippen LogP contribution is -2.14. The van der Waals surface area contributed by atoms with Gasteiger partial charge in [0, 0.05) is 36.1 Å². The van der Waals surface area contributed by atoms with Crippen LogP contribution in [0.2, 0.25) is 0 Å². The van der Waals surface area contributed by atoms with Crippen molar-refractivity contribution in [1.82, 2.24) is 0 Å². The Balaban J connectivity index is 1.68. The predicted octanol–water partition coefficient (Wildman–Crippen LogP) is 5.86. The summed E-state index contributed by atoms with van der Waals surface area (Å²) in [6, 6.07) is -0.872. The van der Waals surface area contributed by atoms with E-state index in [1.165, 1.54) is 14.2 Å². The molecule has 0 fully saturated rings. The quantitative estimate of drug-likeness (QED) is 0.129. The van der Waals surface area contributed by atoms with Gasteiger partial charge in [-0.2, -0.15) is 0 Å². The van der Waals surface area contributed by atoms with E-state index in [1.54, 1.807) is 13.8 Å². The highest BCUT2D eigenvalue weighted by atomic mass is 17.2. The number of carbonyl (C=O) groups is 3. The molecule has 0 radical (unpaired) electrons. The lowest BCUT2D eigenvalue weighted by Gasteiger charge is -2.11. The fourth-order valence-corrected chi connectivity index (χ4v) is 6.91.